The van der Waals surface area contributed by atoms with Crippen LogP contribution in [0.25, 0.3) is 5.76 Å². The summed E-state index contributed by atoms with van der Waals surface area (Å²) in [6.07, 6.45) is 1.39. The number of aldehydes is 1. The molecular weight excluding hydrogens is 192 g/mol. The number of allylic oxidation sites excluding steroid dienone is 1. The monoisotopic (exact) mass is 204 g/mol. The number of aliphatic hydroxyl groups excluding tert-OH is 2. The molecule has 1 aliphatic rings. The highest BCUT2D eigenvalue weighted by Crippen LogP contribution is 2.34. The zero-order chi connectivity index (χ0) is 11.0. The van der Waals surface area contributed by atoms with E-state index in [1.54, 1.807) is 6.07 Å². The molecule has 3 nitrogen and oxygen atoms in total. The van der Waals surface area contributed by atoms with E-state index < -0.39 is 0 Å². The van der Waals surface area contributed by atoms with Crippen LogP contribution in [0.2, 0.25) is 0 Å². The molecule has 0 aliphatic heterocycles. The van der Waals surface area contributed by atoms with Crippen molar-refractivity contribution in [2.24, 2.45) is 0 Å². The molecule has 0 unspecified atom stereocenters. The number of aliphatic hydroxyl groups is 2. The van der Waals surface area contributed by atoms with Gasteiger partial charge in [0.15, 0.2) is 0 Å². The lowest BCUT2D eigenvalue weighted by Gasteiger charge is -2.09. The summed E-state index contributed by atoms with van der Waals surface area (Å²) in [4.78, 5) is 10.8. The summed E-state index contributed by atoms with van der Waals surface area (Å²) < 4.78 is 0. The molecule has 0 saturated heterocycles. The highest BCUT2D eigenvalue weighted by molar-refractivity contribution is 5.84. The molecule has 3 heteroatoms. The maximum absolute atomic E-state index is 10.8. The van der Waals surface area contributed by atoms with E-state index in [4.69, 9.17) is 0 Å². The van der Waals surface area contributed by atoms with Crippen LogP contribution in [-0.2, 0) is 13.0 Å². The molecule has 0 aromatic heterocycles. The quantitative estimate of drug-likeness (QED) is 0.722. The van der Waals surface area contributed by atoms with Gasteiger partial charge in [0.1, 0.15) is 12.0 Å². The van der Waals surface area contributed by atoms with Gasteiger partial charge in [0.2, 0.25) is 0 Å². The van der Waals surface area contributed by atoms with E-state index in [2.05, 4.69) is 0 Å². The van der Waals surface area contributed by atoms with Gasteiger partial charge in [-0.25, -0.2) is 0 Å². The average Bonchev–Trinajstić information content (AvgIpc) is 2.54. The number of hydrogen-bond donors (Lipinski definition) is 2. The van der Waals surface area contributed by atoms with Gasteiger partial charge in [-0.2, -0.15) is 0 Å². The van der Waals surface area contributed by atoms with Crippen molar-refractivity contribution in [2.75, 3.05) is 0 Å². The molecule has 0 amide bonds. The lowest BCUT2D eigenvalue weighted by molar-refractivity contribution is 0.112. The third-order valence-corrected chi connectivity index (χ3v) is 2.82. The number of benzene rings is 1. The van der Waals surface area contributed by atoms with Crippen LogP contribution in [0.3, 0.4) is 0 Å². The van der Waals surface area contributed by atoms with Crippen molar-refractivity contribution >= 4 is 12.0 Å². The molecule has 1 aromatic carbocycles. The Bertz CT molecular complexity index is 458. The molecule has 0 heterocycles. The third kappa shape index (κ3) is 1.36. The minimum absolute atomic E-state index is 0.206. The molecule has 0 saturated carbocycles. The second-order valence-electron chi connectivity index (χ2n) is 3.75. The van der Waals surface area contributed by atoms with Crippen molar-refractivity contribution in [1.29, 1.82) is 0 Å². The first-order chi connectivity index (χ1) is 7.19. The van der Waals surface area contributed by atoms with Crippen molar-refractivity contribution in [2.45, 2.75) is 20.0 Å². The van der Waals surface area contributed by atoms with Gasteiger partial charge in [-0.3, -0.25) is 4.79 Å². The highest BCUT2D eigenvalue weighted by atomic mass is 16.3. The van der Waals surface area contributed by atoms with E-state index in [0.717, 1.165) is 11.1 Å². The van der Waals surface area contributed by atoms with Crippen LogP contribution in [-0.4, -0.2) is 16.5 Å². The summed E-state index contributed by atoms with van der Waals surface area (Å²) in [5, 5.41) is 19.1. The second-order valence-corrected chi connectivity index (χ2v) is 3.75. The zero-order valence-electron chi connectivity index (χ0n) is 8.45. The van der Waals surface area contributed by atoms with E-state index in [0.29, 0.717) is 29.4 Å². The van der Waals surface area contributed by atoms with Gasteiger partial charge in [0, 0.05) is 11.1 Å². The smallest absolute Gasteiger partial charge is 0.150 e. The van der Waals surface area contributed by atoms with Crippen molar-refractivity contribution in [3.63, 3.8) is 0 Å². The highest BCUT2D eigenvalue weighted by Gasteiger charge is 2.22. The first kappa shape index (κ1) is 9.93. The summed E-state index contributed by atoms with van der Waals surface area (Å²) in [5.41, 5.74) is 3.45. The predicted molar refractivity (Wildman–Crippen MR) is 56.7 cm³/mol. The predicted octanol–water partition coefficient (Wildman–Crippen LogP) is 1.84. The van der Waals surface area contributed by atoms with E-state index in [1.165, 1.54) is 0 Å². The molecule has 0 radical (unpaired) electrons. The fourth-order valence-corrected chi connectivity index (χ4v) is 2.02. The first-order valence-electron chi connectivity index (χ1n) is 4.79. The van der Waals surface area contributed by atoms with Crippen LogP contribution < -0.4 is 0 Å². The molecule has 15 heavy (non-hydrogen) atoms. The Balaban J connectivity index is 2.70. The Morgan fingerprint density at radius 1 is 1.47 bits per heavy atom. The van der Waals surface area contributed by atoms with Crippen LogP contribution in [0.1, 0.15) is 34.0 Å². The van der Waals surface area contributed by atoms with Crippen LogP contribution in [0.4, 0.5) is 0 Å². The van der Waals surface area contributed by atoms with Gasteiger partial charge >= 0.3 is 0 Å². The molecule has 0 spiro atoms. The topological polar surface area (TPSA) is 57.5 Å². The fraction of sp³-hybridized carbons (Fsp3) is 0.250. The Morgan fingerprint density at radius 3 is 2.80 bits per heavy atom. The second kappa shape index (κ2) is 3.51. The van der Waals surface area contributed by atoms with Crippen molar-refractivity contribution < 1.29 is 15.0 Å². The molecule has 0 fully saturated rings. The van der Waals surface area contributed by atoms with Gasteiger partial charge in [-0.15, -0.1) is 0 Å². The van der Waals surface area contributed by atoms with Crippen LogP contribution in [0.15, 0.2) is 17.7 Å². The maximum atomic E-state index is 10.8. The van der Waals surface area contributed by atoms with Gasteiger partial charge in [-0.05, 0) is 30.0 Å². The average molecular weight is 204 g/mol. The largest absolute Gasteiger partial charge is 0.507 e. The van der Waals surface area contributed by atoms with Gasteiger partial charge in [0.25, 0.3) is 0 Å². The van der Waals surface area contributed by atoms with Gasteiger partial charge < -0.3 is 10.2 Å². The van der Waals surface area contributed by atoms with E-state index >= 15 is 0 Å². The minimum atomic E-state index is -0.228. The number of carbonyl (C=O) groups excluding carboxylic acids is 1. The van der Waals surface area contributed by atoms with Crippen LogP contribution in [0, 0.1) is 0 Å². The molecule has 0 atom stereocenters. The number of hydrogen-bond acceptors (Lipinski definition) is 3. The molecular formula is C12H12O3. The zero-order valence-corrected chi connectivity index (χ0v) is 8.45. The molecule has 2 N–H and O–H groups in total. The van der Waals surface area contributed by atoms with Crippen LogP contribution in [0.5, 0.6) is 0 Å². The van der Waals surface area contributed by atoms with E-state index in [1.807, 2.05) is 13.0 Å². The van der Waals surface area contributed by atoms with Crippen molar-refractivity contribution in [3.05, 3.63) is 40.0 Å². The number of rotatable bonds is 2. The van der Waals surface area contributed by atoms with E-state index in [-0.39, 0.29) is 12.4 Å². The molecule has 78 valence electrons. The van der Waals surface area contributed by atoms with Gasteiger partial charge in [0.05, 0.1) is 6.61 Å². The summed E-state index contributed by atoms with van der Waals surface area (Å²) in [6, 6.07) is 3.51. The number of fused-ring (bicyclic) bond motifs is 1. The van der Waals surface area contributed by atoms with Crippen molar-refractivity contribution in [1.82, 2.24) is 0 Å². The van der Waals surface area contributed by atoms with Crippen LogP contribution >= 0.6 is 0 Å². The lowest BCUT2D eigenvalue weighted by atomic mass is 9.98. The standard InChI is InChI=1S/C12H12O3/c1-7-4-8-2-3-9(5-13)10(6-14)11(8)12(7)15/h2-3,5,14-15H,4,6H2,1H3. The van der Waals surface area contributed by atoms with Crippen molar-refractivity contribution in [3.8, 4) is 0 Å². The third-order valence-electron chi connectivity index (χ3n) is 2.82. The molecule has 1 aromatic rings. The summed E-state index contributed by atoms with van der Waals surface area (Å²) >= 11 is 0. The SMILES string of the molecule is CC1=C(O)c2c(ccc(C=O)c2CO)C1. The number of carbonyl (C=O) groups is 1. The normalized spacial score (nSPS) is 14.3. The lowest BCUT2D eigenvalue weighted by Crippen LogP contribution is -2.00. The van der Waals surface area contributed by atoms with E-state index in [9.17, 15) is 15.0 Å². The molecule has 1 aliphatic carbocycles. The fourth-order valence-electron chi connectivity index (χ4n) is 2.02. The maximum Gasteiger partial charge on any atom is 0.150 e. The first-order valence-corrected chi connectivity index (χ1v) is 4.79. The Morgan fingerprint density at radius 2 is 2.20 bits per heavy atom. The molecule has 2 rings (SSSR count). The summed E-state index contributed by atoms with van der Waals surface area (Å²) in [5.74, 6) is 0.206. The minimum Gasteiger partial charge on any atom is -0.507 e. The Labute approximate surface area is 87.7 Å². The van der Waals surface area contributed by atoms with Gasteiger partial charge in [-0.1, -0.05) is 12.1 Å². The Kier molecular flexibility index (Phi) is 2.32. The molecule has 0 bridgehead atoms. The Hall–Kier alpha value is -1.61. The summed E-state index contributed by atoms with van der Waals surface area (Å²) in [6.45, 7) is 1.62. The summed E-state index contributed by atoms with van der Waals surface area (Å²) in [7, 11) is 0.